The second-order valence-electron chi connectivity index (χ2n) is 7.17. The van der Waals surface area contributed by atoms with Crippen LogP contribution in [0, 0.1) is 0 Å². The highest BCUT2D eigenvalue weighted by Gasteiger charge is 2.52. The van der Waals surface area contributed by atoms with Gasteiger partial charge in [-0.3, -0.25) is 0 Å². The molecule has 7 heteroatoms. The lowest BCUT2D eigenvalue weighted by atomic mass is 9.89. The SMILES string of the molecule is COC1=C(Br)[C@@H](O[Si](C)(C)C(C)(C)C)[C@]2(C=C1Br)CC=NO2. The van der Waals surface area contributed by atoms with Gasteiger partial charge in [0, 0.05) is 12.6 Å². The quantitative estimate of drug-likeness (QED) is 0.561. The van der Waals surface area contributed by atoms with Gasteiger partial charge >= 0.3 is 0 Å². The van der Waals surface area contributed by atoms with Gasteiger partial charge in [0.1, 0.15) is 11.9 Å². The van der Waals surface area contributed by atoms with Crippen molar-refractivity contribution in [2.75, 3.05) is 7.11 Å². The fourth-order valence-electron chi connectivity index (χ4n) is 2.21. The third-order valence-corrected chi connectivity index (χ3v) is 10.4. The molecule has 0 aromatic heterocycles. The van der Waals surface area contributed by atoms with Crippen LogP contribution in [-0.2, 0) is 14.0 Å². The lowest BCUT2D eigenvalue weighted by molar-refractivity contribution is -0.0517. The fourth-order valence-corrected chi connectivity index (χ4v) is 5.53. The van der Waals surface area contributed by atoms with E-state index in [4.69, 9.17) is 14.0 Å². The summed E-state index contributed by atoms with van der Waals surface area (Å²) in [5, 5.41) is 4.09. The van der Waals surface area contributed by atoms with Crippen molar-refractivity contribution < 1.29 is 14.0 Å². The predicted molar refractivity (Wildman–Crippen MR) is 99.0 cm³/mol. The summed E-state index contributed by atoms with van der Waals surface area (Å²) in [6.45, 7) is 11.1. The smallest absolute Gasteiger partial charge is 0.193 e. The lowest BCUT2D eigenvalue weighted by Gasteiger charge is -2.44. The molecule has 0 saturated heterocycles. The zero-order valence-corrected chi connectivity index (χ0v) is 18.0. The third-order valence-electron chi connectivity index (χ3n) is 4.61. The number of nitrogens with zero attached hydrogens (tertiary/aromatic N) is 1. The number of oxime groups is 1. The molecular formula is C15H23Br2NO3Si. The zero-order valence-electron chi connectivity index (χ0n) is 13.9. The summed E-state index contributed by atoms with van der Waals surface area (Å²) in [5.41, 5.74) is -0.616. The number of hydrogen-bond acceptors (Lipinski definition) is 4. The number of ether oxygens (including phenoxy) is 1. The Labute approximate surface area is 150 Å². The zero-order chi connectivity index (χ0) is 16.8. The van der Waals surface area contributed by atoms with Crippen molar-refractivity contribution in [3.05, 3.63) is 20.8 Å². The average molecular weight is 453 g/mol. The van der Waals surface area contributed by atoms with Crippen LogP contribution in [0.1, 0.15) is 27.2 Å². The molecule has 2 atom stereocenters. The first-order valence-corrected chi connectivity index (χ1v) is 11.7. The van der Waals surface area contributed by atoms with Crippen molar-refractivity contribution in [3.63, 3.8) is 0 Å². The molecule has 22 heavy (non-hydrogen) atoms. The topological polar surface area (TPSA) is 40.0 Å². The molecule has 0 unspecified atom stereocenters. The van der Waals surface area contributed by atoms with Gasteiger partial charge in [-0.2, -0.15) is 0 Å². The van der Waals surface area contributed by atoms with Crippen molar-refractivity contribution in [1.82, 2.24) is 0 Å². The molecule has 0 saturated carbocycles. The summed E-state index contributed by atoms with van der Waals surface area (Å²) >= 11 is 7.23. The van der Waals surface area contributed by atoms with Crippen LogP contribution in [0.4, 0.5) is 0 Å². The van der Waals surface area contributed by atoms with Gasteiger partial charge in [-0.1, -0.05) is 25.9 Å². The maximum atomic E-state index is 6.66. The number of halogens is 2. The van der Waals surface area contributed by atoms with Gasteiger partial charge in [0.05, 0.1) is 16.1 Å². The van der Waals surface area contributed by atoms with Crippen molar-refractivity contribution >= 4 is 46.4 Å². The molecule has 0 N–H and O–H groups in total. The van der Waals surface area contributed by atoms with Gasteiger partial charge in [0.25, 0.3) is 0 Å². The molecule has 0 aromatic rings. The Hall–Kier alpha value is -0.113. The van der Waals surface area contributed by atoms with Crippen molar-refractivity contribution in [3.8, 4) is 0 Å². The Kier molecular flexibility index (Phi) is 5.03. The van der Waals surface area contributed by atoms with Crippen molar-refractivity contribution in [2.45, 2.75) is 57.0 Å². The molecule has 0 fully saturated rings. The molecular weight excluding hydrogens is 430 g/mol. The Morgan fingerprint density at radius 3 is 2.45 bits per heavy atom. The Morgan fingerprint density at radius 2 is 2.00 bits per heavy atom. The molecule has 2 aliphatic rings. The van der Waals surface area contributed by atoms with E-state index in [9.17, 15) is 0 Å². The van der Waals surface area contributed by atoms with E-state index in [2.05, 4.69) is 70.9 Å². The number of rotatable bonds is 3. The average Bonchev–Trinajstić information content (AvgIpc) is 2.83. The van der Waals surface area contributed by atoms with Gasteiger partial charge < -0.3 is 14.0 Å². The van der Waals surface area contributed by atoms with Crippen molar-refractivity contribution in [2.24, 2.45) is 5.16 Å². The number of methoxy groups -OCH3 is 1. The van der Waals surface area contributed by atoms with E-state index >= 15 is 0 Å². The molecule has 1 aliphatic carbocycles. The Morgan fingerprint density at radius 1 is 1.36 bits per heavy atom. The summed E-state index contributed by atoms with van der Waals surface area (Å²) in [5.74, 6) is 0.741. The maximum absolute atomic E-state index is 6.66. The molecule has 0 radical (unpaired) electrons. The number of hydrogen-bond donors (Lipinski definition) is 0. The summed E-state index contributed by atoms with van der Waals surface area (Å²) in [7, 11) is -0.340. The molecule has 124 valence electrons. The second kappa shape index (κ2) is 6.07. The first-order chi connectivity index (χ1) is 10.0. The van der Waals surface area contributed by atoms with Crippen LogP contribution in [0.2, 0.25) is 18.1 Å². The van der Waals surface area contributed by atoms with Gasteiger partial charge in [-0.25, -0.2) is 0 Å². The minimum atomic E-state index is -1.99. The van der Waals surface area contributed by atoms with Gasteiger partial charge in [0.15, 0.2) is 13.9 Å². The standard InChI is InChI=1S/C15H23Br2NO3Si/c1-14(2,3)22(5,6)20-13-11(17)12(19-4)10(16)9-15(13)7-8-18-21-15/h8-9,13H,7H2,1-6H3/t13-,15-/m1/s1. The Balaban J connectivity index is 2.43. The van der Waals surface area contributed by atoms with E-state index in [1.54, 1.807) is 13.3 Å². The van der Waals surface area contributed by atoms with Crippen LogP contribution >= 0.6 is 31.9 Å². The first-order valence-electron chi connectivity index (χ1n) is 7.24. The molecule has 1 aliphatic heterocycles. The molecule has 1 spiro atoms. The normalized spacial score (nSPS) is 28.9. The van der Waals surface area contributed by atoms with Crippen molar-refractivity contribution in [1.29, 1.82) is 0 Å². The monoisotopic (exact) mass is 451 g/mol. The minimum absolute atomic E-state index is 0.104. The van der Waals surface area contributed by atoms with Crippen LogP contribution in [0.15, 0.2) is 26.0 Å². The highest BCUT2D eigenvalue weighted by Crippen LogP contribution is 2.48. The molecule has 2 rings (SSSR count). The van der Waals surface area contributed by atoms with E-state index < -0.39 is 13.9 Å². The van der Waals surface area contributed by atoms with Crippen LogP contribution < -0.4 is 0 Å². The minimum Gasteiger partial charge on any atom is -0.495 e. The van der Waals surface area contributed by atoms with Crippen LogP contribution in [-0.4, -0.2) is 33.3 Å². The van der Waals surface area contributed by atoms with E-state index in [-0.39, 0.29) is 11.1 Å². The van der Waals surface area contributed by atoms with E-state index in [1.165, 1.54) is 0 Å². The number of allylic oxidation sites excluding steroid dienone is 1. The van der Waals surface area contributed by atoms with Gasteiger partial charge in [-0.05, 0) is 56.1 Å². The highest BCUT2D eigenvalue weighted by molar-refractivity contribution is 9.12. The fraction of sp³-hybridized carbons (Fsp3) is 0.667. The molecule has 0 amide bonds. The molecule has 4 nitrogen and oxygen atoms in total. The van der Waals surface area contributed by atoms with Gasteiger partial charge in [0.2, 0.25) is 0 Å². The summed E-state index contributed by atoms with van der Waals surface area (Å²) < 4.78 is 13.9. The van der Waals surface area contributed by atoms with Crippen LogP contribution in [0.25, 0.3) is 0 Å². The Bertz CT molecular complexity index is 541. The molecule has 1 heterocycles. The molecule has 0 bridgehead atoms. The van der Waals surface area contributed by atoms with E-state index in [0.29, 0.717) is 6.42 Å². The summed E-state index contributed by atoms with van der Waals surface area (Å²) in [6, 6.07) is 0. The largest absolute Gasteiger partial charge is 0.495 e. The van der Waals surface area contributed by atoms with Gasteiger partial charge in [-0.15, -0.1) is 0 Å². The lowest BCUT2D eigenvalue weighted by Crippen LogP contribution is -2.53. The van der Waals surface area contributed by atoms with E-state index in [1.807, 2.05) is 6.08 Å². The molecule has 0 aromatic carbocycles. The highest BCUT2D eigenvalue weighted by atomic mass is 79.9. The predicted octanol–water partition coefficient (Wildman–Crippen LogP) is 5.07. The summed E-state index contributed by atoms with van der Waals surface area (Å²) in [4.78, 5) is 5.73. The van der Waals surface area contributed by atoms with Crippen LogP contribution in [0.5, 0.6) is 0 Å². The van der Waals surface area contributed by atoms with E-state index in [0.717, 1.165) is 14.7 Å². The van der Waals surface area contributed by atoms with Crippen LogP contribution in [0.3, 0.4) is 0 Å². The first kappa shape index (κ1) is 18.2. The summed E-state index contributed by atoms with van der Waals surface area (Å²) in [6.07, 6.45) is 4.19. The second-order valence-corrected chi connectivity index (χ2v) is 13.6. The maximum Gasteiger partial charge on any atom is 0.193 e. The third kappa shape index (κ3) is 3.09.